The first-order valence-electron chi connectivity index (χ1n) is 6.06. The highest BCUT2D eigenvalue weighted by atomic mass is 16.6. The SMILES string of the molecule is NNc1ccc([N+](=O)[O-])c(NCC2CCCC2)n1. The molecule has 0 radical (unpaired) electrons. The van der Waals surface area contributed by atoms with Crippen LogP contribution in [0.15, 0.2) is 12.1 Å². The fraction of sp³-hybridized carbons (Fsp3) is 0.545. The number of nitrogens with zero attached hydrogens (tertiary/aromatic N) is 2. The van der Waals surface area contributed by atoms with E-state index in [-0.39, 0.29) is 11.5 Å². The van der Waals surface area contributed by atoms with Gasteiger partial charge in [-0.1, -0.05) is 12.8 Å². The van der Waals surface area contributed by atoms with E-state index in [1.54, 1.807) is 0 Å². The molecule has 7 heteroatoms. The number of pyridine rings is 1. The molecule has 1 saturated carbocycles. The largest absolute Gasteiger partial charge is 0.364 e. The molecule has 0 bridgehead atoms. The quantitative estimate of drug-likeness (QED) is 0.419. The van der Waals surface area contributed by atoms with Gasteiger partial charge in [-0.25, -0.2) is 10.8 Å². The van der Waals surface area contributed by atoms with Crippen molar-refractivity contribution in [1.29, 1.82) is 0 Å². The molecule has 1 aromatic heterocycles. The maximum Gasteiger partial charge on any atom is 0.311 e. The molecule has 7 nitrogen and oxygen atoms in total. The minimum atomic E-state index is -0.440. The molecule has 0 spiro atoms. The second kappa shape index (κ2) is 5.63. The Morgan fingerprint density at radius 2 is 2.17 bits per heavy atom. The first-order chi connectivity index (χ1) is 8.70. The summed E-state index contributed by atoms with van der Waals surface area (Å²) in [5, 5.41) is 14.0. The van der Waals surface area contributed by atoms with Gasteiger partial charge in [0.15, 0.2) is 0 Å². The predicted octanol–water partition coefficient (Wildman–Crippen LogP) is 1.88. The van der Waals surface area contributed by atoms with Crippen molar-refractivity contribution >= 4 is 17.3 Å². The monoisotopic (exact) mass is 251 g/mol. The van der Waals surface area contributed by atoms with Gasteiger partial charge in [0.1, 0.15) is 5.82 Å². The molecule has 4 N–H and O–H groups in total. The Balaban J connectivity index is 2.10. The smallest absolute Gasteiger partial charge is 0.311 e. The van der Waals surface area contributed by atoms with Gasteiger partial charge < -0.3 is 10.7 Å². The average molecular weight is 251 g/mol. The molecule has 1 aromatic rings. The second-order valence-electron chi connectivity index (χ2n) is 4.50. The van der Waals surface area contributed by atoms with Crippen LogP contribution in [0.25, 0.3) is 0 Å². The number of rotatable bonds is 5. The molecule has 0 amide bonds. The fourth-order valence-corrected chi connectivity index (χ4v) is 2.27. The van der Waals surface area contributed by atoms with E-state index in [0.717, 1.165) is 6.54 Å². The standard InChI is InChI=1S/C11H17N5O2/c12-15-10-6-5-9(16(17)18)11(14-10)13-7-8-3-1-2-4-8/h5-6,8H,1-4,7,12H2,(H2,13,14,15). The van der Waals surface area contributed by atoms with Crippen LogP contribution in [-0.4, -0.2) is 16.5 Å². The van der Waals surface area contributed by atoms with Crippen LogP contribution in [0.5, 0.6) is 0 Å². The number of nitrogen functional groups attached to an aromatic ring is 1. The Bertz CT molecular complexity index is 431. The van der Waals surface area contributed by atoms with Gasteiger partial charge in [0.05, 0.1) is 4.92 Å². The third-order valence-electron chi connectivity index (χ3n) is 3.25. The van der Waals surface area contributed by atoms with Crippen molar-refractivity contribution in [1.82, 2.24) is 4.98 Å². The second-order valence-corrected chi connectivity index (χ2v) is 4.50. The summed E-state index contributed by atoms with van der Waals surface area (Å²) in [4.78, 5) is 14.5. The van der Waals surface area contributed by atoms with Crippen LogP contribution in [0.1, 0.15) is 25.7 Å². The van der Waals surface area contributed by atoms with E-state index in [0.29, 0.717) is 11.7 Å². The van der Waals surface area contributed by atoms with Gasteiger partial charge in [-0.2, -0.15) is 0 Å². The number of nitro groups is 1. The molecule has 1 aliphatic carbocycles. The minimum absolute atomic E-state index is 0.0213. The van der Waals surface area contributed by atoms with Gasteiger partial charge in [-0.15, -0.1) is 0 Å². The Labute approximate surface area is 105 Å². The third kappa shape index (κ3) is 2.86. The Kier molecular flexibility index (Phi) is 3.93. The van der Waals surface area contributed by atoms with E-state index in [1.165, 1.54) is 37.8 Å². The van der Waals surface area contributed by atoms with E-state index in [1.807, 2.05) is 0 Å². The van der Waals surface area contributed by atoms with Crippen LogP contribution in [-0.2, 0) is 0 Å². The number of hydrogen-bond acceptors (Lipinski definition) is 6. The summed E-state index contributed by atoms with van der Waals surface area (Å²) < 4.78 is 0. The number of hydrazine groups is 1. The van der Waals surface area contributed by atoms with E-state index >= 15 is 0 Å². The summed E-state index contributed by atoms with van der Waals surface area (Å²) in [6, 6.07) is 2.89. The van der Waals surface area contributed by atoms with Gasteiger partial charge in [0.25, 0.3) is 0 Å². The van der Waals surface area contributed by atoms with Crippen LogP contribution in [0.2, 0.25) is 0 Å². The summed E-state index contributed by atoms with van der Waals surface area (Å²) in [6.07, 6.45) is 4.84. The molecule has 0 aromatic carbocycles. The maximum atomic E-state index is 10.9. The highest BCUT2D eigenvalue weighted by molar-refractivity contribution is 5.59. The molecule has 0 saturated heterocycles. The van der Waals surface area contributed by atoms with Crippen molar-refractivity contribution in [3.05, 3.63) is 22.2 Å². The first-order valence-corrected chi connectivity index (χ1v) is 6.06. The van der Waals surface area contributed by atoms with Gasteiger partial charge in [-0.3, -0.25) is 10.1 Å². The van der Waals surface area contributed by atoms with Crippen LogP contribution in [0.3, 0.4) is 0 Å². The molecule has 0 atom stereocenters. The molecule has 0 aliphatic heterocycles. The number of hydrogen-bond donors (Lipinski definition) is 3. The molecule has 1 aliphatic rings. The van der Waals surface area contributed by atoms with Crippen LogP contribution in [0.4, 0.5) is 17.3 Å². The first kappa shape index (κ1) is 12.6. The van der Waals surface area contributed by atoms with Crippen molar-refractivity contribution < 1.29 is 4.92 Å². The molecular formula is C11H17N5O2. The molecule has 1 heterocycles. The van der Waals surface area contributed by atoms with Crippen LogP contribution in [0, 0.1) is 16.0 Å². The summed E-state index contributed by atoms with van der Waals surface area (Å²) >= 11 is 0. The summed E-state index contributed by atoms with van der Waals surface area (Å²) in [5.74, 6) is 6.53. The zero-order chi connectivity index (χ0) is 13.0. The van der Waals surface area contributed by atoms with Crippen molar-refractivity contribution in [3.63, 3.8) is 0 Å². The Morgan fingerprint density at radius 3 is 2.78 bits per heavy atom. The molecule has 2 rings (SSSR count). The van der Waals surface area contributed by atoms with Gasteiger partial charge in [0.2, 0.25) is 5.82 Å². The predicted molar refractivity (Wildman–Crippen MR) is 69.1 cm³/mol. The van der Waals surface area contributed by atoms with Crippen molar-refractivity contribution in [3.8, 4) is 0 Å². The lowest BCUT2D eigenvalue weighted by atomic mass is 10.1. The zero-order valence-corrected chi connectivity index (χ0v) is 10.1. The number of nitrogens with one attached hydrogen (secondary N) is 2. The summed E-state index contributed by atoms with van der Waals surface area (Å²) in [6.45, 7) is 0.724. The van der Waals surface area contributed by atoms with E-state index in [4.69, 9.17) is 5.84 Å². The van der Waals surface area contributed by atoms with E-state index in [2.05, 4.69) is 15.7 Å². The minimum Gasteiger partial charge on any atom is -0.364 e. The fourth-order valence-electron chi connectivity index (χ4n) is 2.27. The summed E-state index contributed by atoms with van der Waals surface area (Å²) in [7, 11) is 0. The van der Waals surface area contributed by atoms with Crippen LogP contribution < -0.4 is 16.6 Å². The maximum absolute atomic E-state index is 10.9. The van der Waals surface area contributed by atoms with Crippen molar-refractivity contribution in [2.45, 2.75) is 25.7 Å². The lowest BCUT2D eigenvalue weighted by Gasteiger charge is -2.11. The number of anilines is 2. The average Bonchev–Trinajstić information content (AvgIpc) is 2.88. The lowest BCUT2D eigenvalue weighted by Crippen LogP contribution is -2.15. The molecular weight excluding hydrogens is 234 g/mol. The van der Waals surface area contributed by atoms with Crippen LogP contribution >= 0.6 is 0 Å². The topological polar surface area (TPSA) is 106 Å². The lowest BCUT2D eigenvalue weighted by molar-refractivity contribution is -0.384. The van der Waals surface area contributed by atoms with Gasteiger partial charge in [-0.05, 0) is 24.8 Å². The molecule has 0 unspecified atom stereocenters. The Hall–Kier alpha value is -1.89. The zero-order valence-electron chi connectivity index (χ0n) is 10.1. The van der Waals surface area contributed by atoms with Crippen molar-refractivity contribution in [2.24, 2.45) is 11.8 Å². The number of aromatic nitrogens is 1. The van der Waals surface area contributed by atoms with Gasteiger partial charge in [0, 0.05) is 12.6 Å². The highest BCUT2D eigenvalue weighted by Gasteiger charge is 2.19. The normalized spacial score (nSPS) is 15.6. The van der Waals surface area contributed by atoms with Gasteiger partial charge >= 0.3 is 5.69 Å². The third-order valence-corrected chi connectivity index (χ3v) is 3.25. The summed E-state index contributed by atoms with van der Waals surface area (Å²) in [5.41, 5.74) is 2.37. The molecule has 18 heavy (non-hydrogen) atoms. The highest BCUT2D eigenvalue weighted by Crippen LogP contribution is 2.27. The molecule has 98 valence electrons. The molecule has 1 fully saturated rings. The number of nitrogens with two attached hydrogens (primary N) is 1. The van der Waals surface area contributed by atoms with E-state index < -0.39 is 4.92 Å². The van der Waals surface area contributed by atoms with E-state index in [9.17, 15) is 10.1 Å². The van der Waals surface area contributed by atoms with Crippen molar-refractivity contribution in [2.75, 3.05) is 17.3 Å². The Morgan fingerprint density at radius 1 is 1.44 bits per heavy atom.